The average molecular weight is 758 g/mol. The zero-order valence-electron chi connectivity index (χ0n) is 33.8. The van der Waals surface area contributed by atoms with Gasteiger partial charge in [0, 0.05) is 5.56 Å². The highest BCUT2D eigenvalue weighted by Gasteiger charge is 2.18. The summed E-state index contributed by atoms with van der Waals surface area (Å²) in [7, 11) is 0. The topological polar surface area (TPSA) is 12.4 Å². The molecule has 9 rings (SSSR count). The van der Waals surface area contributed by atoms with E-state index in [1.807, 2.05) is 0 Å². The molecule has 0 saturated heterocycles. The molecule has 0 bridgehead atoms. The molecule has 0 saturated carbocycles. The molecule has 1 aliphatic carbocycles. The second kappa shape index (κ2) is 16.8. The molecular formula is C58H47N. The highest BCUT2D eigenvalue weighted by atomic mass is 14.8. The van der Waals surface area contributed by atoms with Gasteiger partial charge in [-0.05, 0) is 133 Å². The summed E-state index contributed by atoms with van der Waals surface area (Å²) in [5.41, 5.74) is 15.0. The quantitative estimate of drug-likeness (QED) is 0.0748. The molecule has 0 aliphatic heterocycles. The van der Waals surface area contributed by atoms with Crippen molar-refractivity contribution < 1.29 is 0 Å². The van der Waals surface area contributed by atoms with E-state index in [0.29, 0.717) is 0 Å². The maximum atomic E-state index is 5.35. The van der Waals surface area contributed by atoms with E-state index in [1.165, 1.54) is 71.3 Å². The van der Waals surface area contributed by atoms with Gasteiger partial charge in [-0.3, -0.25) is 0 Å². The monoisotopic (exact) mass is 757 g/mol. The fraction of sp³-hybridized carbons (Fsp3) is 0.0862. The van der Waals surface area contributed by atoms with Crippen LogP contribution in [0.4, 0.5) is 0 Å². The van der Waals surface area contributed by atoms with Crippen LogP contribution in [0.1, 0.15) is 48.1 Å². The van der Waals surface area contributed by atoms with Gasteiger partial charge in [0.05, 0.1) is 11.4 Å². The molecule has 284 valence electrons. The van der Waals surface area contributed by atoms with Gasteiger partial charge < -0.3 is 0 Å². The van der Waals surface area contributed by atoms with Gasteiger partial charge in [-0.2, -0.15) is 0 Å². The Kier molecular flexibility index (Phi) is 10.7. The lowest BCUT2D eigenvalue weighted by atomic mass is 9.85. The van der Waals surface area contributed by atoms with Crippen molar-refractivity contribution in [3.8, 4) is 22.3 Å². The van der Waals surface area contributed by atoms with Crippen LogP contribution in [-0.4, -0.2) is 5.71 Å². The van der Waals surface area contributed by atoms with Gasteiger partial charge in [-0.1, -0.05) is 195 Å². The maximum Gasteiger partial charge on any atom is 0.0708 e. The van der Waals surface area contributed by atoms with E-state index in [4.69, 9.17) is 4.99 Å². The van der Waals surface area contributed by atoms with Crippen LogP contribution in [-0.2, 0) is 12.8 Å². The number of benzene rings is 8. The van der Waals surface area contributed by atoms with Crippen LogP contribution < -0.4 is 0 Å². The van der Waals surface area contributed by atoms with E-state index in [2.05, 4.69) is 221 Å². The second-order valence-corrected chi connectivity index (χ2v) is 15.4. The molecule has 8 aromatic rings. The molecule has 8 aromatic carbocycles. The zero-order chi connectivity index (χ0) is 40.1. The fourth-order valence-electron chi connectivity index (χ4n) is 8.81. The first-order valence-electron chi connectivity index (χ1n) is 20.7. The molecule has 59 heavy (non-hydrogen) atoms. The van der Waals surface area contributed by atoms with Gasteiger partial charge in [-0.15, -0.1) is 0 Å². The molecule has 0 heterocycles. The molecule has 1 aliphatic rings. The summed E-state index contributed by atoms with van der Waals surface area (Å²) in [5.74, 6) is 0. The van der Waals surface area contributed by atoms with Gasteiger partial charge in [-0.25, -0.2) is 4.99 Å². The van der Waals surface area contributed by atoms with Crippen LogP contribution >= 0.6 is 0 Å². The first kappa shape index (κ1) is 37.5. The fourth-order valence-corrected chi connectivity index (χ4v) is 8.81. The van der Waals surface area contributed by atoms with E-state index in [-0.39, 0.29) is 0 Å². The summed E-state index contributed by atoms with van der Waals surface area (Å²) >= 11 is 0. The molecule has 0 N–H and O–H groups in total. The highest BCUT2D eigenvalue weighted by Crippen LogP contribution is 2.44. The lowest BCUT2D eigenvalue weighted by Crippen LogP contribution is -2.02. The Hall–Kier alpha value is -7.09. The number of nitrogens with zero attached hydrogens (tertiary/aromatic N) is 1. The first-order valence-corrected chi connectivity index (χ1v) is 20.7. The van der Waals surface area contributed by atoms with Crippen LogP contribution in [0.3, 0.4) is 0 Å². The Balaban J connectivity index is 1.11. The Morgan fingerprint density at radius 3 is 1.88 bits per heavy atom. The molecule has 0 amide bonds. The summed E-state index contributed by atoms with van der Waals surface area (Å²) in [6, 6.07) is 58.8. The first-order chi connectivity index (χ1) is 29.1. The molecule has 0 aromatic heterocycles. The van der Waals surface area contributed by atoms with E-state index in [1.54, 1.807) is 0 Å². The Labute approximate surface area is 348 Å². The predicted octanol–water partition coefficient (Wildman–Crippen LogP) is 15.7. The van der Waals surface area contributed by atoms with Gasteiger partial charge in [0.15, 0.2) is 0 Å². The molecule has 1 heteroatoms. The highest BCUT2D eigenvalue weighted by molar-refractivity contribution is 6.21. The number of allylic oxidation sites excluding steroid dienone is 7. The third-order valence-corrected chi connectivity index (χ3v) is 11.7. The van der Waals surface area contributed by atoms with Crippen molar-refractivity contribution in [1.82, 2.24) is 0 Å². The van der Waals surface area contributed by atoms with Gasteiger partial charge >= 0.3 is 0 Å². The second-order valence-electron chi connectivity index (χ2n) is 15.4. The van der Waals surface area contributed by atoms with Gasteiger partial charge in [0.1, 0.15) is 0 Å². The van der Waals surface area contributed by atoms with Crippen LogP contribution in [0.15, 0.2) is 211 Å². The van der Waals surface area contributed by atoms with E-state index < -0.39 is 0 Å². The average Bonchev–Trinajstić information content (AvgIpc) is 3.30. The van der Waals surface area contributed by atoms with Gasteiger partial charge in [0.2, 0.25) is 0 Å². The SMILES string of the molecule is C=C(N=C(/C=C(\C)c1ccccc1)C(/C=C\Cc1cc2ccccc2c2c1CCC=C2)=C/C)c1cccc(-c2c3ccccc3c(-c3ccccc3)c3ccccc23)c1. The lowest BCUT2D eigenvalue weighted by molar-refractivity contribution is 0.964. The zero-order valence-corrected chi connectivity index (χ0v) is 33.8. The Morgan fingerprint density at radius 1 is 0.627 bits per heavy atom. The molecule has 0 atom stereocenters. The third kappa shape index (κ3) is 7.56. The van der Waals surface area contributed by atoms with Crippen molar-refractivity contribution in [2.24, 2.45) is 4.99 Å². The van der Waals surface area contributed by atoms with E-state index in [0.717, 1.165) is 52.9 Å². The molecule has 1 nitrogen and oxygen atoms in total. The number of hydrogen-bond donors (Lipinski definition) is 0. The summed E-state index contributed by atoms with van der Waals surface area (Å²) in [6.45, 7) is 8.87. The smallest absolute Gasteiger partial charge is 0.0708 e. The number of hydrogen-bond acceptors (Lipinski definition) is 1. The van der Waals surface area contributed by atoms with Crippen LogP contribution in [0.5, 0.6) is 0 Å². The summed E-state index contributed by atoms with van der Waals surface area (Å²) in [5, 5.41) is 7.56. The minimum atomic E-state index is 0.719. The predicted molar refractivity (Wildman–Crippen MR) is 257 cm³/mol. The van der Waals surface area contributed by atoms with Crippen molar-refractivity contribution in [2.75, 3.05) is 0 Å². The summed E-state index contributed by atoms with van der Waals surface area (Å²) < 4.78 is 0. The maximum absolute atomic E-state index is 5.35. The number of rotatable bonds is 10. The number of aliphatic imine (C=N–C) groups is 1. The van der Waals surface area contributed by atoms with Gasteiger partial charge in [0.25, 0.3) is 0 Å². The summed E-state index contributed by atoms with van der Waals surface area (Å²) in [6.07, 6.45) is 16.5. The molecule has 0 unspecified atom stereocenters. The molecule has 0 spiro atoms. The third-order valence-electron chi connectivity index (χ3n) is 11.7. The largest absolute Gasteiger partial charge is 0.248 e. The lowest BCUT2D eigenvalue weighted by Gasteiger charge is -2.18. The minimum Gasteiger partial charge on any atom is -0.248 e. The van der Waals surface area contributed by atoms with Crippen molar-refractivity contribution in [3.05, 3.63) is 234 Å². The van der Waals surface area contributed by atoms with E-state index in [9.17, 15) is 0 Å². The Bertz CT molecular complexity index is 2970. The molecule has 0 fully saturated rings. The number of fused-ring (bicyclic) bond motifs is 5. The van der Waals surface area contributed by atoms with Crippen molar-refractivity contribution in [3.63, 3.8) is 0 Å². The van der Waals surface area contributed by atoms with Crippen molar-refractivity contribution >= 4 is 55.4 Å². The van der Waals surface area contributed by atoms with Crippen molar-refractivity contribution in [2.45, 2.75) is 33.1 Å². The van der Waals surface area contributed by atoms with E-state index >= 15 is 0 Å². The molecule has 0 radical (unpaired) electrons. The van der Waals surface area contributed by atoms with Crippen LogP contribution in [0.2, 0.25) is 0 Å². The minimum absolute atomic E-state index is 0.719. The Morgan fingerprint density at radius 2 is 1.20 bits per heavy atom. The molecular weight excluding hydrogens is 711 g/mol. The van der Waals surface area contributed by atoms with Crippen molar-refractivity contribution in [1.29, 1.82) is 0 Å². The normalized spacial score (nSPS) is 13.4. The standard InChI is InChI=1S/C58H47N/c1-4-42(26-19-28-47-39-46-25-11-12-30-49(46)51-32-14-13-31-50(47)51)56(37-40(2)43-21-7-5-8-22-43)59-41(3)45-27-20-29-48(38-45)58-54-35-17-15-33-52(54)57(44-23-9-6-10-24-44)53-34-16-18-36-55(53)58/h4-12,14-27,29-30,32-39H,3,13,28,31H2,1-2H3/b26-19-,40-37+,42-4+,59-56?. The van der Waals surface area contributed by atoms with Crippen LogP contribution in [0.25, 0.3) is 71.9 Å². The van der Waals surface area contributed by atoms with Crippen LogP contribution in [0, 0.1) is 0 Å². The summed E-state index contributed by atoms with van der Waals surface area (Å²) in [4.78, 5) is 5.35.